The normalized spacial score (nSPS) is 14.9. The van der Waals surface area contributed by atoms with Crippen molar-refractivity contribution >= 4 is 28.9 Å². The Kier molecular flexibility index (Phi) is 8.34. The summed E-state index contributed by atoms with van der Waals surface area (Å²) >= 11 is 0. The third kappa shape index (κ3) is 6.31. The van der Waals surface area contributed by atoms with Gasteiger partial charge in [0, 0.05) is 35.4 Å². The van der Waals surface area contributed by atoms with Crippen molar-refractivity contribution in [2.45, 2.75) is 57.8 Å². The summed E-state index contributed by atoms with van der Waals surface area (Å²) in [5.41, 5.74) is 13.2. The average molecular weight is 484 g/mol. The number of carbonyl (C=O) groups excluding carboxylic acids is 2. The van der Waals surface area contributed by atoms with Crippen LogP contribution in [-0.4, -0.2) is 28.2 Å². The van der Waals surface area contributed by atoms with Crippen molar-refractivity contribution in [3.8, 4) is 0 Å². The quantitative estimate of drug-likeness (QED) is 0.436. The molecule has 0 aromatic heterocycles. The molecule has 11 heteroatoms. The molecule has 1 aliphatic heterocycles. The highest BCUT2D eigenvalue weighted by Gasteiger charge is 2.23. The Morgan fingerprint density at radius 1 is 0.714 bits per heavy atom. The van der Waals surface area contributed by atoms with Crippen LogP contribution in [0.1, 0.15) is 75.9 Å². The summed E-state index contributed by atoms with van der Waals surface area (Å²) in [5.74, 6) is -1.43. The van der Waals surface area contributed by atoms with Crippen molar-refractivity contribution in [3.05, 3.63) is 72.3 Å². The van der Waals surface area contributed by atoms with Crippen LogP contribution in [0.4, 0.5) is 17.1 Å². The van der Waals surface area contributed by atoms with Crippen LogP contribution in [-0.2, 0) is 19.3 Å². The molecular weight excluding hydrogens is 454 g/mol. The zero-order chi connectivity index (χ0) is 25.5. The van der Waals surface area contributed by atoms with Gasteiger partial charge in [-0.2, -0.15) is 0 Å². The second kappa shape index (κ2) is 11.4. The van der Waals surface area contributed by atoms with E-state index in [1.165, 1.54) is 12.1 Å². The van der Waals surface area contributed by atoms with Crippen LogP contribution < -0.4 is 16.8 Å². The van der Waals surface area contributed by atoms with E-state index in [9.17, 15) is 29.8 Å². The first-order chi connectivity index (χ1) is 16.7. The SMILES string of the molecule is NC(=O)c1cc2c(c([N+](=O)[O-])c1)CCCCCNc1c(cc(C(N)=O)cc1[N+](=O)[O-])CCCCC2. The second-order valence-corrected chi connectivity index (χ2v) is 8.70. The lowest BCUT2D eigenvalue weighted by Crippen LogP contribution is -2.14. The third-order valence-corrected chi connectivity index (χ3v) is 6.28. The summed E-state index contributed by atoms with van der Waals surface area (Å²) in [6.07, 6.45) is 5.77. The zero-order valence-corrected chi connectivity index (χ0v) is 19.4. The van der Waals surface area contributed by atoms with E-state index >= 15 is 0 Å². The van der Waals surface area contributed by atoms with Crippen LogP contribution in [0.2, 0.25) is 0 Å². The number of anilines is 1. The number of fused-ring (bicyclic) bond motifs is 2. The van der Waals surface area contributed by atoms with Gasteiger partial charge in [0.05, 0.1) is 9.85 Å². The van der Waals surface area contributed by atoms with E-state index in [0.29, 0.717) is 68.3 Å². The molecule has 186 valence electrons. The Labute approximate surface area is 202 Å². The lowest BCUT2D eigenvalue weighted by atomic mass is 9.93. The fourth-order valence-corrected chi connectivity index (χ4v) is 4.53. The number of hydrogen-bond donors (Lipinski definition) is 3. The Balaban J connectivity index is 1.90. The minimum atomic E-state index is -0.727. The molecule has 1 heterocycles. The van der Waals surface area contributed by atoms with E-state index in [1.54, 1.807) is 12.1 Å². The number of carbonyl (C=O) groups is 2. The first-order valence-electron chi connectivity index (χ1n) is 11.6. The number of nitro groups is 2. The number of nitrogens with two attached hydrogens (primary N) is 2. The number of hydrogen-bond acceptors (Lipinski definition) is 7. The van der Waals surface area contributed by atoms with Gasteiger partial charge in [-0.15, -0.1) is 0 Å². The van der Waals surface area contributed by atoms with E-state index in [2.05, 4.69) is 5.32 Å². The third-order valence-electron chi connectivity index (χ3n) is 6.28. The minimum absolute atomic E-state index is 0.0826. The van der Waals surface area contributed by atoms with Gasteiger partial charge in [-0.3, -0.25) is 29.8 Å². The van der Waals surface area contributed by atoms with Crippen LogP contribution in [0.25, 0.3) is 0 Å². The molecule has 0 bridgehead atoms. The van der Waals surface area contributed by atoms with Crippen molar-refractivity contribution in [2.24, 2.45) is 11.5 Å². The van der Waals surface area contributed by atoms with Crippen LogP contribution in [0.3, 0.4) is 0 Å². The second-order valence-electron chi connectivity index (χ2n) is 8.70. The molecule has 0 aliphatic carbocycles. The standard InChI is InChI=1S/C24H29N5O6/c25-23(30)17-11-15-7-3-1-4-8-16-12-18(24(26)31)14-21(29(34)35)22(16)27-10-6-2-5-9-19(15)20(13-17)28(32)33/h11-14,27H,1-10H2,(H2,25,30)(H2,26,31). The van der Waals surface area contributed by atoms with Crippen molar-refractivity contribution < 1.29 is 19.4 Å². The molecule has 0 atom stereocenters. The van der Waals surface area contributed by atoms with Crippen molar-refractivity contribution in [1.82, 2.24) is 0 Å². The first-order valence-corrected chi connectivity index (χ1v) is 11.6. The maximum absolute atomic E-state index is 11.7. The topological polar surface area (TPSA) is 184 Å². The molecule has 0 fully saturated rings. The maximum Gasteiger partial charge on any atom is 0.293 e. The molecule has 0 saturated carbocycles. The Bertz CT molecular complexity index is 1070. The van der Waals surface area contributed by atoms with Crippen molar-refractivity contribution in [1.29, 1.82) is 0 Å². The molecule has 5 N–H and O–H groups in total. The molecule has 11 nitrogen and oxygen atoms in total. The van der Waals surface area contributed by atoms with E-state index in [0.717, 1.165) is 18.4 Å². The predicted molar refractivity (Wildman–Crippen MR) is 131 cm³/mol. The summed E-state index contributed by atoms with van der Waals surface area (Å²) in [6.45, 7) is 0.472. The number of nitro benzene ring substituents is 2. The van der Waals surface area contributed by atoms with Gasteiger partial charge in [0.25, 0.3) is 11.4 Å². The predicted octanol–water partition coefficient (Wildman–Crippen LogP) is 3.79. The number of nitrogens with one attached hydrogen (secondary N) is 1. The molecular formula is C24H29N5O6. The summed E-state index contributed by atoms with van der Waals surface area (Å²) in [4.78, 5) is 45.9. The minimum Gasteiger partial charge on any atom is -0.379 e. The summed E-state index contributed by atoms with van der Waals surface area (Å²) in [6, 6.07) is 5.72. The molecule has 0 saturated heterocycles. The molecule has 2 aromatic carbocycles. The summed E-state index contributed by atoms with van der Waals surface area (Å²) in [7, 11) is 0. The van der Waals surface area contributed by atoms with Gasteiger partial charge >= 0.3 is 0 Å². The lowest BCUT2D eigenvalue weighted by Gasteiger charge is -2.14. The highest BCUT2D eigenvalue weighted by Crippen LogP contribution is 2.33. The molecule has 35 heavy (non-hydrogen) atoms. The number of aryl methyl sites for hydroxylation is 2. The highest BCUT2D eigenvalue weighted by atomic mass is 16.6. The smallest absolute Gasteiger partial charge is 0.293 e. The maximum atomic E-state index is 11.7. The molecule has 3 rings (SSSR count). The Morgan fingerprint density at radius 3 is 1.83 bits per heavy atom. The average Bonchev–Trinajstić information content (AvgIpc) is 2.81. The van der Waals surface area contributed by atoms with Gasteiger partial charge < -0.3 is 16.8 Å². The first kappa shape index (κ1) is 25.6. The van der Waals surface area contributed by atoms with Gasteiger partial charge in [0.1, 0.15) is 5.69 Å². The van der Waals surface area contributed by atoms with Gasteiger partial charge in [-0.05, 0) is 68.2 Å². The Hall–Kier alpha value is -4.02. The highest BCUT2D eigenvalue weighted by molar-refractivity contribution is 5.95. The van der Waals surface area contributed by atoms with Gasteiger partial charge in [-0.25, -0.2) is 0 Å². The number of benzene rings is 2. The van der Waals surface area contributed by atoms with E-state index in [-0.39, 0.29) is 22.5 Å². The van der Waals surface area contributed by atoms with E-state index in [4.69, 9.17) is 11.5 Å². The number of rotatable bonds is 4. The lowest BCUT2D eigenvalue weighted by molar-refractivity contribution is -0.385. The van der Waals surface area contributed by atoms with Crippen LogP contribution >= 0.6 is 0 Å². The number of primary amides is 2. The molecule has 2 amide bonds. The van der Waals surface area contributed by atoms with Crippen LogP contribution in [0.15, 0.2) is 24.3 Å². The molecule has 0 spiro atoms. The summed E-state index contributed by atoms with van der Waals surface area (Å²) < 4.78 is 0. The van der Waals surface area contributed by atoms with Crippen molar-refractivity contribution in [3.63, 3.8) is 0 Å². The molecule has 1 aliphatic rings. The Morgan fingerprint density at radius 2 is 1.23 bits per heavy atom. The summed E-state index contributed by atoms with van der Waals surface area (Å²) in [5, 5.41) is 26.6. The molecule has 0 unspecified atom stereocenters. The van der Waals surface area contributed by atoms with Crippen LogP contribution in [0.5, 0.6) is 0 Å². The molecule has 2 aromatic rings. The number of amides is 2. The molecule has 0 radical (unpaired) electrons. The fraction of sp³-hybridized carbons (Fsp3) is 0.417. The van der Waals surface area contributed by atoms with E-state index in [1.807, 2.05) is 0 Å². The monoisotopic (exact) mass is 483 g/mol. The zero-order valence-electron chi connectivity index (χ0n) is 19.4. The van der Waals surface area contributed by atoms with E-state index < -0.39 is 21.7 Å². The van der Waals surface area contributed by atoms with Gasteiger partial charge in [0.2, 0.25) is 11.8 Å². The largest absolute Gasteiger partial charge is 0.379 e. The van der Waals surface area contributed by atoms with Crippen LogP contribution in [0, 0.1) is 20.2 Å². The number of nitrogens with zero attached hydrogens (tertiary/aromatic N) is 2. The van der Waals surface area contributed by atoms with Crippen molar-refractivity contribution in [2.75, 3.05) is 11.9 Å². The van der Waals surface area contributed by atoms with Gasteiger partial charge in [-0.1, -0.05) is 12.8 Å². The van der Waals surface area contributed by atoms with Gasteiger partial charge in [0.15, 0.2) is 0 Å². The fourth-order valence-electron chi connectivity index (χ4n) is 4.53.